The number of benzene rings is 2. The van der Waals surface area contributed by atoms with Gasteiger partial charge in [-0.25, -0.2) is 4.79 Å². The van der Waals surface area contributed by atoms with Crippen LogP contribution in [0.1, 0.15) is 31.9 Å². The standard InChI is InChI=1S/C23H30N2O5/c1-15-12-19(28-5)20(29-6)14-17(15)24-21(26)18(13-16-10-8-7-9-11-16)25-22(27)30-23(2,3)4/h7-12,14,18H,13H2,1-6H3,(H,24,26)(H,25,27)/t18-/m1/s1. The fourth-order valence-corrected chi connectivity index (χ4v) is 2.84. The second-order valence-corrected chi connectivity index (χ2v) is 7.90. The van der Waals surface area contributed by atoms with Gasteiger partial charge in [0, 0.05) is 18.2 Å². The van der Waals surface area contributed by atoms with Crippen LogP contribution >= 0.6 is 0 Å². The molecule has 0 spiro atoms. The largest absolute Gasteiger partial charge is 0.493 e. The molecule has 7 heteroatoms. The Morgan fingerprint density at radius 2 is 1.60 bits per heavy atom. The van der Waals surface area contributed by atoms with Gasteiger partial charge < -0.3 is 24.8 Å². The van der Waals surface area contributed by atoms with E-state index in [-0.39, 0.29) is 5.91 Å². The summed E-state index contributed by atoms with van der Waals surface area (Å²) in [7, 11) is 3.08. The summed E-state index contributed by atoms with van der Waals surface area (Å²) in [5, 5.41) is 5.56. The Kier molecular flexibility index (Phi) is 7.69. The van der Waals surface area contributed by atoms with Crippen molar-refractivity contribution in [3.05, 3.63) is 53.6 Å². The second-order valence-electron chi connectivity index (χ2n) is 7.90. The van der Waals surface area contributed by atoms with Crippen LogP contribution < -0.4 is 20.1 Å². The van der Waals surface area contributed by atoms with Crippen LogP contribution in [0.4, 0.5) is 10.5 Å². The average Bonchev–Trinajstić information content (AvgIpc) is 2.68. The number of carbonyl (C=O) groups excluding carboxylic acids is 2. The van der Waals surface area contributed by atoms with E-state index in [0.717, 1.165) is 11.1 Å². The zero-order valence-corrected chi connectivity index (χ0v) is 18.4. The lowest BCUT2D eigenvalue weighted by Crippen LogP contribution is -2.47. The first-order valence-electron chi connectivity index (χ1n) is 9.70. The highest BCUT2D eigenvalue weighted by Gasteiger charge is 2.25. The molecule has 2 N–H and O–H groups in total. The minimum absolute atomic E-state index is 0.318. The van der Waals surface area contributed by atoms with Crippen molar-refractivity contribution in [2.45, 2.75) is 45.8 Å². The van der Waals surface area contributed by atoms with Gasteiger partial charge >= 0.3 is 6.09 Å². The van der Waals surface area contributed by atoms with Crippen LogP contribution in [0.25, 0.3) is 0 Å². The molecule has 2 aromatic rings. The molecule has 0 radical (unpaired) electrons. The molecule has 1 atom stereocenters. The maximum atomic E-state index is 13.1. The predicted molar refractivity (Wildman–Crippen MR) is 116 cm³/mol. The summed E-state index contributed by atoms with van der Waals surface area (Å²) in [5.41, 5.74) is 1.62. The van der Waals surface area contributed by atoms with E-state index in [0.29, 0.717) is 23.6 Å². The van der Waals surface area contributed by atoms with Crippen molar-refractivity contribution in [1.82, 2.24) is 5.32 Å². The van der Waals surface area contributed by atoms with Gasteiger partial charge in [0.25, 0.3) is 0 Å². The van der Waals surface area contributed by atoms with Gasteiger partial charge in [-0.15, -0.1) is 0 Å². The third kappa shape index (κ3) is 6.69. The molecule has 162 valence electrons. The first kappa shape index (κ1) is 23.1. The number of ether oxygens (including phenoxy) is 3. The Hall–Kier alpha value is -3.22. The van der Waals surface area contributed by atoms with Gasteiger partial charge in [-0.1, -0.05) is 30.3 Å². The molecule has 0 bridgehead atoms. The number of hydrogen-bond donors (Lipinski definition) is 2. The lowest BCUT2D eigenvalue weighted by atomic mass is 10.0. The second kappa shape index (κ2) is 10.0. The van der Waals surface area contributed by atoms with Crippen molar-refractivity contribution < 1.29 is 23.8 Å². The van der Waals surface area contributed by atoms with E-state index >= 15 is 0 Å². The molecule has 2 aromatic carbocycles. The van der Waals surface area contributed by atoms with Gasteiger partial charge in [0.1, 0.15) is 11.6 Å². The molecule has 0 fully saturated rings. The maximum absolute atomic E-state index is 13.1. The maximum Gasteiger partial charge on any atom is 0.408 e. The van der Waals surface area contributed by atoms with E-state index < -0.39 is 17.7 Å². The normalized spacial score (nSPS) is 11.9. The zero-order chi connectivity index (χ0) is 22.3. The van der Waals surface area contributed by atoms with E-state index in [4.69, 9.17) is 14.2 Å². The molecular weight excluding hydrogens is 384 g/mol. The van der Waals surface area contributed by atoms with Crippen LogP contribution in [0.2, 0.25) is 0 Å². The molecule has 0 saturated carbocycles. The zero-order valence-electron chi connectivity index (χ0n) is 18.4. The molecule has 30 heavy (non-hydrogen) atoms. The average molecular weight is 415 g/mol. The highest BCUT2D eigenvalue weighted by atomic mass is 16.6. The van der Waals surface area contributed by atoms with Crippen molar-refractivity contribution in [3.8, 4) is 11.5 Å². The highest BCUT2D eigenvalue weighted by Crippen LogP contribution is 2.33. The molecular formula is C23H30N2O5. The lowest BCUT2D eigenvalue weighted by molar-refractivity contribution is -0.118. The number of alkyl carbamates (subject to hydrolysis) is 1. The SMILES string of the molecule is COc1cc(C)c(NC(=O)[C@@H](Cc2ccccc2)NC(=O)OC(C)(C)C)cc1OC. The van der Waals surface area contributed by atoms with Crippen LogP contribution in [0.15, 0.2) is 42.5 Å². The van der Waals surface area contributed by atoms with Gasteiger partial charge in [0.15, 0.2) is 11.5 Å². The smallest absolute Gasteiger partial charge is 0.408 e. The van der Waals surface area contributed by atoms with Gasteiger partial charge in [-0.05, 0) is 44.9 Å². The Labute approximate surface area is 177 Å². The van der Waals surface area contributed by atoms with Crippen LogP contribution in [0.3, 0.4) is 0 Å². The van der Waals surface area contributed by atoms with E-state index in [1.54, 1.807) is 40.0 Å². The number of amides is 2. The van der Waals surface area contributed by atoms with Crippen molar-refractivity contribution in [2.24, 2.45) is 0 Å². The molecule has 0 aliphatic rings. The van der Waals surface area contributed by atoms with E-state index in [9.17, 15) is 9.59 Å². The summed E-state index contributed by atoms with van der Waals surface area (Å²) >= 11 is 0. The van der Waals surface area contributed by atoms with Crippen molar-refractivity contribution >= 4 is 17.7 Å². The summed E-state index contributed by atoms with van der Waals surface area (Å²) in [6.45, 7) is 7.16. The Balaban J connectivity index is 2.24. The quantitative estimate of drug-likeness (QED) is 0.713. The molecule has 0 aromatic heterocycles. The monoisotopic (exact) mass is 414 g/mol. The summed E-state index contributed by atoms with van der Waals surface area (Å²) in [5.74, 6) is 0.707. The first-order valence-corrected chi connectivity index (χ1v) is 9.70. The molecule has 0 aliphatic heterocycles. The number of nitrogens with one attached hydrogen (secondary N) is 2. The summed E-state index contributed by atoms with van der Waals surface area (Å²) in [4.78, 5) is 25.4. The van der Waals surface area contributed by atoms with Crippen molar-refractivity contribution in [2.75, 3.05) is 19.5 Å². The van der Waals surface area contributed by atoms with Crippen LogP contribution in [0.5, 0.6) is 11.5 Å². The van der Waals surface area contributed by atoms with Gasteiger partial charge in [0.05, 0.1) is 14.2 Å². The Morgan fingerprint density at radius 1 is 1.00 bits per heavy atom. The third-order valence-corrected chi connectivity index (χ3v) is 4.28. The highest BCUT2D eigenvalue weighted by molar-refractivity contribution is 5.97. The van der Waals surface area contributed by atoms with Gasteiger partial charge in [-0.3, -0.25) is 4.79 Å². The van der Waals surface area contributed by atoms with Crippen molar-refractivity contribution in [1.29, 1.82) is 0 Å². The lowest BCUT2D eigenvalue weighted by Gasteiger charge is -2.24. The van der Waals surface area contributed by atoms with Crippen LogP contribution in [0, 0.1) is 6.92 Å². The molecule has 0 saturated heterocycles. The summed E-state index contributed by atoms with van der Waals surface area (Å²) in [6, 6.07) is 12.1. The number of anilines is 1. The minimum atomic E-state index is -0.824. The topological polar surface area (TPSA) is 85.9 Å². The minimum Gasteiger partial charge on any atom is -0.493 e. The van der Waals surface area contributed by atoms with Crippen LogP contribution in [-0.4, -0.2) is 37.9 Å². The summed E-state index contributed by atoms with van der Waals surface area (Å²) in [6.07, 6.45) is -0.333. The third-order valence-electron chi connectivity index (χ3n) is 4.28. The van der Waals surface area contributed by atoms with E-state index in [2.05, 4.69) is 10.6 Å². The summed E-state index contributed by atoms with van der Waals surface area (Å²) < 4.78 is 15.9. The number of carbonyl (C=O) groups is 2. The molecule has 2 rings (SSSR count). The molecule has 0 unspecified atom stereocenters. The molecule has 2 amide bonds. The van der Waals surface area contributed by atoms with Gasteiger partial charge in [0.2, 0.25) is 5.91 Å². The predicted octanol–water partition coefficient (Wildman–Crippen LogP) is 4.09. The van der Waals surface area contributed by atoms with Gasteiger partial charge in [-0.2, -0.15) is 0 Å². The number of methoxy groups -OCH3 is 2. The fourth-order valence-electron chi connectivity index (χ4n) is 2.84. The van der Waals surface area contributed by atoms with E-state index in [1.807, 2.05) is 37.3 Å². The Morgan fingerprint density at radius 3 is 2.17 bits per heavy atom. The number of hydrogen-bond acceptors (Lipinski definition) is 5. The fraction of sp³-hybridized carbons (Fsp3) is 0.391. The Bertz CT molecular complexity index is 875. The molecule has 0 heterocycles. The van der Waals surface area contributed by atoms with Crippen LogP contribution in [-0.2, 0) is 16.0 Å². The number of rotatable bonds is 7. The first-order chi connectivity index (χ1) is 14.1. The number of aryl methyl sites for hydroxylation is 1. The van der Waals surface area contributed by atoms with E-state index in [1.165, 1.54) is 7.11 Å². The van der Waals surface area contributed by atoms with Crippen molar-refractivity contribution in [3.63, 3.8) is 0 Å². The molecule has 0 aliphatic carbocycles. The molecule has 7 nitrogen and oxygen atoms in total.